The molecule has 0 saturated carbocycles. The zero-order valence-electron chi connectivity index (χ0n) is 10.1. The molecule has 0 spiro atoms. The second-order valence-electron chi connectivity index (χ2n) is 4.52. The van der Waals surface area contributed by atoms with Crippen LogP contribution >= 0.6 is 0 Å². The van der Waals surface area contributed by atoms with Crippen LogP contribution in [0.4, 0.5) is 0 Å². The lowest BCUT2D eigenvalue weighted by molar-refractivity contribution is -0.0552. The quantitative estimate of drug-likeness (QED) is 0.811. The van der Waals surface area contributed by atoms with E-state index >= 15 is 0 Å². The number of rotatable bonds is 2. The van der Waals surface area contributed by atoms with E-state index in [0.29, 0.717) is 13.2 Å². The Balaban J connectivity index is 2.44. The highest BCUT2D eigenvalue weighted by molar-refractivity contribution is 5.34. The summed E-state index contributed by atoms with van der Waals surface area (Å²) in [5, 5.41) is 0. The molecule has 1 aromatic carbocycles. The largest absolute Gasteiger partial charge is 0.378 e. The molecular formula is C13H20N2O. The number of nitrogens with zero attached hydrogens (tertiary/aromatic N) is 1. The first-order valence-electron chi connectivity index (χ1n) is 5.76. The molecule has 0 aliphatic carbocycles. The van der Waals surface area contributed by atoms with Crippen LogP contribution in [0.15, 0.2) is 24.3 Å². The molecule has 1 aliphatic heterocycles. The first-order valence-corrected chi connectivity index (χ1v) is 5.76. The van der Waals surface area contributed by atoms with Gasteiger partial charge in [-0.1, -0.05) is 24.3 Å². The Bertz CT molecular complexity index is 367. The number of hydrogen-bond acceptors (Lipinski definition) is 3. The van der Waals surface area contributed by atoms with Gasteiger partial charge in [-0.15, -0.1) is 0 Å². The van der Waals surface area contributed by atoms with Crippen molar-refractivity contribution in [2.75, 3.05) is 33.4 Å². The predicted octanol–water partition coefficient (Wildman–Crippen LogP) is 1.11. The molecule has 0 amide bonds. The van der Waals surface area contributed by atoms with Gasteiger partial charge in [0.1, 0.15) is 0 Å². The summed E-state index contributed by atoms with van der Waals surface area (Å²) >= 11 is 0. The van der Waals surface area contributed by atoms with E-state index < -0.39 is 0 Å². The predicted molar refractivity (Wildman–Crippen MR) is 65.4 cm³/mol. The zero-order valence-corrected chi connectivity index (χ0v) is 10.1. The van der Waals surface area contributed by atoms with Crippen molar-refractivity contribution in [1.82, 2.24) is 4.90 Å². The average molecular weight is 220 g/mol. The van der Waals surface area contributed by atoms with Crippen LogP contribution in [0.1, 0.15) is 11.1 Å². The van der Waals surface area contributed by atoms with Crippen LogP contribution in [0.2, 0.25) is 0 Å². The summed E-state index contributed by atoms with van der Waals surface area (Å²) in [5.74, 6) is 0. The van der Waals surface area contributed by atoms with Crippen molar-refractivity contribution in [3.8, 4) is 0 Å². The van der Waals surface area contributed by atoms with Crippen molar-refractivity contribution in [3.05, 3.63) is 35.4 Å². The van der Waals surface area contributed by atoms with Crippen LogP contribution in [0.5, 0.6) is 0 Å². The number of aryl methyl sites for hydroxylation is 1. The summed E-state index contributed by atoms with van der Waals surface area (Å²) in [4.78, 5) is 2.32. The molecule has 88 valence electrons. The SMILES string of the molecule is Cc1ccccc1C1(CN)COCCN1C. The Morgan fingerprint density at radius 3 is 2.81 bits per heavy atom. The summed E-state index contributed by atoms with van der Waals surface area (Å²) < 4.78 is 5.63. The fourth-order valence-corrected chi connectivity index (χ4v) is 2.47. The van der Waals surface area contributed by atoms with E-state index in [2.05, 4.69) is 43.1 Å². The van der Waals surface area contributed by atoms with Crippen molar-refractivity contribution in [2.24, 2.45) is 5.73 Å². The zero-order chi connectivity index (χ0) is 11.6. The highest BCUT2D eigenvalue weighted by Crippen LogP contribution is 2.31. The van der Waals surface area contributed by atoms with Crippen LogP contribution in [0, 0.1) is 6.92 Å². The molecule has 1 atom stereocenters. The van der Waals surface area contributed by atoms with Crippen LogP contribution in [-0.2, 0) is 10.3 Å². The lowest BCUT2D eigenvalue weighted by Crippen LogP contribution is -2.57. The molecule has 2 rings (SSSR count). The van der Waals surface area contributed by atoms with Gasteiger partial charge in [0.15, 0.2) is 0 Å². The Labute approximate surface area is 97.2 Å². The number of ether oxygens (including phenoxy) is 1. The molecule has 0 aromatic heterocycles. The molecule has 2 N–H and O–H groups in total. The van der Waals surface area contributed by atoms with E-state index in [1.165, 1.54) is 11.1 Å². The third-order valence-corrected chi connectivity index (χ3v) is 3.63. The molecule has 1 fully saturated rings. The minimum Gasteiger partial charge on any atom is -0.378 e. The third-order valence-electron chi connectivity index (χ3n) is 3.63. The summed E-state index contributed by atoms with van der Waals surface area (Å²) in [7, 11) is 2.13. The van der Waals surface area contributed by atoms with Crippen molar-refractivity contribution in [2.45, 2.75) is 12.5 Å². The molecule has 3 heteroatoms. The molecular weight excluding hydrogens is 200 g/mol. The molecule has 16 heavy (non-hydrogen) atoms. The van der Waals surface area contributed by atoms with Crippen molar-refractivity contribution in [3.63, 3.8) is 0 Å². The van der Waals surface area contributed by atoms with Gasteiger partial charge in [0, 0.05) is 13.1 Å². The van der Waals surface area contributed by atoms with Crippen LogP contribution in [0.25, 0.3) is 0 Å². The normalized spacial score (nSPS) is 26.9. The van der Waals surface area contributed by atoms with Crippen LogP contribution in [-0.4, -0.2) is 38.3 Å². The summed E-state index contributed by atoms with van der Waals surface area (Å²) in [6, 6.07) is 8.43. The van der Waals surface area contributed by atoms with Crippen molar-refractivity contribution >= 4 is 0 Å². The molecule has 1 aromatic rings. The fraction of sp³-hybridized carbons (Fsp3) is 0.538. The van der Waals surface area contributed by atoms with Gasteiger partial charge in [-0.05, 0) is 25.1 Å². The molecule has 1 aliphatic rings. The first kappa shape index (κ1) is 11.6. The number of benzene rings is 1. The van der Waals surface area contributed by atoms with E-state index in [9.17, 15) is 0 Å². The van der Waals surface area contributed by atoms with E-state index in [1.807, 2.05) is 0 Å². The maximum Gasteiger partial charge on any atom is 0.0821 e. The number of nitrogens with two attached hydrogens (primary N) is 1. The molecule has 0 radical (unpaired) electrons. The monoisotopic (exact) mass is 220 g/mol. The first-order chi connectivity index (χ1) is 7.70. The van der Waals surface area contributed by atoms with E-state index in [4.69, 9.17) is 10.5 Å². The second-order valence-corrected chi connectivity index (χ2v) is 4.52. The highest BCUT2D eigenvalue weighted by Gasteiger charge is 2.38. The van der Waals surface area contributed by atoms with Gasteiger partial charge in [0.2, 0.25) is 0 Å². The van der Waals surface area contributed by atoms with Gasteiger partial charge < -0.3 is 10.5 Å². The Kier molecular flexibility index (Phi) is 3.28. The topological polar surface area (TPSA) is 38.5 Å². The maximum absolute atomic E-state index is 6.01. The van der Waals surface area contributed by atoms with Gasteiger partial charge in [0.05, 0.1) is 18.8 Å². The number of likely N-dealkylation sites (N-methyl/N-ethyl adjacent to an activating group) is 1. The average Bonchev–Trinajstić information content (AvgIpc) is 2.31. The van der Waals surface area contributed by atoms with Crippen molar-refractivity contribution < 1.29 is 4.74 Å². The van der Waals surface area contributed by atoms with Gasteiger partial charge in [0.25, 0.3) is 0 Å². The summed E-state index contributed by atoms with van der Waals surface area (Å²) in [5.41, 5.74) is 8.43. The minimum atomic E-state index is -0.149. The Hall–Kier alpha value is -0.900. The highest BCUT2D eigenvalue weighted by atomic mass is 16.5. The number of hydrogen-bond donors (Lipinski definition) is 1. The third kappa shape index (κ3) is 1.75. The van der Waals surface area contributed by atoms with E-state index in [-0.39, 0.29) is 5.54 Å². The minimum absolute atomic E-state index is 0.149. The summed E-state index contributed by atoms with van der Waals surface area (Å²) in [6.45, 7) is 5.14. The second kappa shape index (κ2) is 4.53. The Morgan fingerprint density at radius 1 is 1.44 bits per heavy atom. The van der Waals surface area contributed by atoms with Gasteiger partial charge in [-0.2, -0.15) is 0 Å². The lowest BCUT2D eigenvalue weighted by atomic mass is 9.85. The fourth-order valence-electron chi connectivity index (χ4n) is 2.47. The maximum atomic E-state index is 6.01. The van der Waals surface area contributed by atoms with Gasteiger partial charge in [-0.25, -0.2) is 0 Å². The van der Waals surface area contributed by atoms with Crippen molar-refractivity contribution in [1.29, 1.82) is 0 Å². The molecule has 3 nitrogen and oxygen atoms in total. The lowest BCUT2D eigenvalue weighted by Gasteiger charge is -2.45. The molecule has 1 saturated heterocycles. The van der Waals surface area contributed by atoms with Gasteiger partial charge in [-0.3, -0.25) is 4.90 Å². The number of morpholine rings is 1. The molecule has 1 unspecified atom stereocenters. The van der Waals surface area contributed by atoms with E-state index in [0.717, 1.165) is 13.2 Å². The molecule has 1 heterocycles. The van der Waals surface area contributed by atoms with Gasteiger partial charge >= 0.3 is 0 Å². The van der Waals surface area contributed by atoms with E-state index in [1.54, 1.807) is 0 Å². The van der Waals surface area contributed by atoms with Crippen LogP contribution in [0.3, 0.4) is 0 Å². The smallest absolute Gasteiger partial charge is 0.0821 e. The Morgan fingerprint density at radius 2 is 2.19 bits per heavy atom. The standard InChI is InChI=1S/C13H20N2O/c1-11-5-3-4-6-12(11)13(9-14)10-16-8-7-15(13)2/h3-6H,7-10,14H2,1-2H3. The molecule has 0 bridgehead atoms. The van der Waals surface area contributed by atoms with Crippen LogP contribution < -0.4 is 5.73 Å². The summed E-state index contributed by atoms with van der Waals surface area (Å²) in [6.07, 6.45) is 0.